The highest BCUT2D eigenvalue weighted by Gasteiger charge is 2.32. The van der Waals surface area contributed by atoms with Crippen molar-refractivity contribution in [3.05, 3.63) is 35.4 Å². The van der Waals surface area contributed by atoms with Gasteiger partial charge >= 0.3 is 0 Å². The minimum atomic E-state index is -0.0274. The molecule has 1 aromatic carbocycles. The quantitative estimate of drug-likeness (QED) is 0.815. The molecule has 0 aliphatic carbocycles. The van der Waals surface area contributed by atoms with Crippen molar-refractivity contribution in [3.63, 3.8) is 0 Å². The van der Waals surface area contributed by atoms with E-state index in [0.717, 1.165) is 32.4 Å². The van der Waals surface area contributed by atoms with Gasteiger partial charge in [-0.05, 0) is 37.3 Å². The molecule has 0 saturated carbocycles. The minimum Gasteiger partial charge on any atom is -0.339 e. The number of amides is 1. The van der Waals surface area contributed by atoms with Crippen molar-refractivity contribution in [1.29, 1.82) is 0 Å². The fourth-order valence-electron chi connectivity index (χ4n) is 3.09. The molecule has 3 heteroatoms. The third-order valence-corrected chi connectivity index (χ3v) is 4.22. The van der Waals surface area contributed by atoms with Crippen LogP contribution < -0.4 is 5.32 Å². The fourth-order valence-corrected chi connectivity index (χ4v) is 3.09. The molecule has 0 aromatic heterocycles. The van der Waals surface area contributed by atoms with Crippen molar-refractivity contribution >= 4 is 5.91 Å². The highest BCUT2D eigenvalue weighted by Crippen LogP contribution is 2.21. The molecule has 1 fully saturated rings. The number of likely N-dealkylation sites (tertiary alicyclic amines) is 1. The maximum absolute atomic E-state index is 12.5. The van der Waals surface area contributed by atoms with Crippen LogP contribution in [-0.4, -0.2) is 29.4 Å². The number of benzene rings is 1. The summed E-state index contributed by atoms with van der Waals surface area (Å²) in [6, 6.07) is 8.79. The molecule has 0 spiro atoms. The van der Waals surface area contributed by atoms with Crippen molar-refractivity contribution in [1.82, 2.24) is 10.2 Å². The normalized spacial score (nSPS) is 27.1. The Bertz CT molecular complexity index is 458. The first-order chi connectivity index (χ1) is 8.75. The average molecular weight is 244 g/mol. The molecule has 1 aromatic rings. The van der Waals surface area contributed by atoms with Gasteiger partial charge in [0.05, 0.1) is 6.04 Å². The Labute approximate surface area is 108 Å². The Hall–Kier alpha value is -1.35. The molecule has 18 heavy (non-hydrogen) atoms. The molecule has 1 N–H and O–H groups in total. The van der Waals surface area contributed by atoms with E-state index in [-0.39, 0.29) is 11.9 Å². The van der Waals surface area contributed by atoms with E-state index in [1.165, 1.54) is 11.1 Å². The summed E-state index contributed by atoms with van der Waals surface area (Å²) in [5, 5.41) is 3.38. The van der Waals surface area contributed by atoms with Crippen LogP contribution in [0.3, 0.4) is 0 Å². The Kier molecular flexibility index (Phi) is 3.08. The van der Waals surface area contributed by atoms with Crippen molar-refractivity contribution in [2.24, 2.45) is 0 Å². The molecule has 2 atom stereocenters. The minimum absolute atomic E-state index is 0.0274. The van der Waals surface area contributed by atoms with Crippen LogP contribution >= 0.6 is 0 Å². The first-order valence-corrected chi connectivity index (χ1v) is 6.86. The maximum Gasteiger partial charge on any atom is 0.240 e. The Morgan fingerprint density at radius 1 is 1.33 bits per heavy atom. The number of nitrogens with zero attached hydrogens (tertiary/aromatic N) is 1. The Morgan fingerprint density at radius 3 is 2.83 bits per heavy atom. The van der Waals surface area contributed by atoms with Crippen LogP contribution in [0.15, 0.2) is 24.3 Å². The van der Waals surface area contributed by atoms with E-state index in [4.69, 9.17) is 0 Å². The van der Waals surface area contributed by atoms with Gasteiger partial charge in [-0.3, -0.25) is 4.79 Å². The summed E-state index contributed by atoms with van der Waals surface area (Å²) < 4.78 is 0. The van der Waals surface area contributed by atoms with Crippen LogP contribution in [0.4, 0.5) is 0 Å². The molecule has 3 rings (SSSR count). The topological polar surface area (TPSA) is 32.3 Å². The van der Waals surface area contributed by atoms with E-state index in [2.05, 4.69) is 36.5 Å². The number of fused-ring (bicyclic) bond motifs is 1. The molecule has 1 unspecified atom stereocenters. The van der Waals surface area contributed by atoms with Gasteiger partial charge in [0.15, 0.2) is 0 Å². The van der Waals surface area contributed by atoms with Crippen LogP contribution in [0.5, 0.6) is 0 Å². The number of hydrogen-bond donors (Lipinski definition) is 1. The van der Waals surface area contributed by atoms with Gasteiger partial charge in [0, 0.05) is 19.1 Å². The second-order valence-corrected chi connectivity index (χ2v) is 5.43. The predicted octanol–water partition coefficient (Wildman–Crippen LogP) is 1.71. The van der Waals surface area contributed by atoms with Crippen molar-refractivity contribution in [3.8, 4) is 0 Å². The lowest BCUT2D eigenvalue weighted by atomic mass is 9.95. The molecule has 96 valence electrons. The van der Waals surface area contributed by atoms with E-state index in [1.54, 1.807) is 0 Å². The van der Waals surface area contributed by atoms with Crippen LogP contribution in [0, 0.1) is 0 Å². The number of rotatable bonds is 1. The molecule has 0 radical (unpaired) electrons. The number of nitrogens with one attached hydrogen (secondary N) is 1. The van der Waals surface area contributed by atoms with Gasteiger partial charge in [0.25, 0.3) is 0 Å². The van der Waals surface area contributed by atoms with Crippen molar-refractivity contribution in [2.75, 3.05) is 6.54 Å². The van der Waals surface area contributed by atoms with Gasteiger partial charge in [-0.2, -0.15) is 0 Å². The summed E-state index contributed by atoms with van der Waals surface area (Å²) in [5.74, 6) is 0.287. The zero-order valence-electron chi connectivity index (χ0n) is 10.9. The summed E-state index contributed by atoms with van der Waals surface area (Å²) in [7, 11) is 0. The Balaban J connectivity index is 1.74. The predicted molar refractivity (Wildman–Crippen MR) is 71.2 cm³/mol. The van der Waals surface area contributed by atoms with Gasteiger partial charge < -0.3 is 10.2 Å². The standard InChI is InChI=1S/C15H20N2O/c1-11-5-4-8-17(11)15(18)14-9-12-6-2-3-7-13(12)10-16-14/h2-3,6-7,11,14,16H,4-5,8-10H2,1H3/t11-,14?/m1/s1. The lowest BCUT2D eigenvalue weighted by Gasteiger charge is -2.31. The molecule has 1 amide bonds. The molecule has 2 aliphatic heterocycles. The van der Waals surface area contributed by atoms with Crippen LogP contribution in [0.2, 0.25) is 0 Å². The zero-order chi connectivity index (χ0) is 12.5. The van der Waals surface area contributed by atoms with Crippen LogP contribution in [-0.2, 0) is 17.8 Å². The second-order valence-electron chi connectivity index (χ2n) is 5.43. The SMILES string of the molecule is C[C@@H]1CCCN1C(=O)C1Cc2ccccc2CN1. The van der Waals surface area contributed by atoms with E-state index in [0.29, 0.717) is 6.04 Å². The molecular formula is C15H20N2O. The molecule has 2 aliphatic rings. The fraction of sp³-hybridized carbons (Fsp3) is 0.533. The lowest BCUT2D eigenvalue weighted by Crippen LogP contribution is -2.50. The summed E-state index contributed by atoms with van der Waals surface area (Å²) in [5.41, 5.74) is 2.65. The van der Waals surface area contributed by atoms with E-state index in [9.17, 15) is 4.79 Å². The first-order valence-electron chi connectivity index (χ1n) is 6.86. The third kappa shape index (κ3) is 2.03. The number of carbonyl (C=O) groups is 1. The van der Waals surface area contributed by atoms with Gasteiger partial charge in [-0.25, -0.2) is 0 Å². The average Bonchev–Trinajstić information content (AvgIpc) is 2.83. The molecule has 2 heterocycles. The highest BCUT2D eigenvalue weighted by atomic mass is 16.2. The zero-order valence-corrected chi connectivity index (χ0v) is 10.9. The van der Waals surface area contributed by atoms with Gasteiger partial charge in [-0.15, -0.1) is 0 Å². The molecule has 0 bridgehead atoms. The summed E-state index contributed by atoms with van der Waals surface area (Å²) in [6.45, 7) is 3.90. The second kappa shape index (κ2) is 4.73. The van der Waals surface area contributed by atoms with E-state index in [1.807, 2.05) is 4.90 Å². The van der Waals surface area contributed by atoms with Crippen LogP contribution in [0.25, 0.3) is 0 Å². The van der Waals surface area contributed by atoms with Crippen LogP contribution in [0.1, 0.15) is 30.9 Å². The molecular weight excluding hydrogens is 224 g/mol. The van der Waals surface area contributed by atoms with Gasteiger partial charge in [0.1, 0.15) is 0 Å². The number of hydrogen-bond acceptors (Lipinski definition) is 2. The first kappa shape index (κ1) is 11.7. The third-order valence-electron chi connectivity index (χ3n) is 4.22. The van der Waals surface area contributed by atoms with Gasteiger partial charge in [0.2, 0.25) is 5.91 Å². The molecule has 3 nitrogen and oxygen atoms in total. The van der Waals surface area contributed by atoms with Crippen molar-refractivity contribution < 1.29 is 4.79 Å². The maximum atomic E-state index is 12.5. The Morgan fingerprint density at radius 2 is 2.11 bits per heavy atom. The lowest BCUT2D eigenvalue weighted by molar-refractivity contribution is -0.134. The van der Waals surface area contributed by atoms with Crippen molar-refractivity contribution in [2.45, 2.75) is 44.8 Å². The smallest absolute Gasteiger partial charge is 0.240 e. The number of carbonyl (C=O) groups excluding carboxylic acids is 1. The monoisotopic (exact) mass is 244 g/mol. The molecule has 1 saturated heterocycles. The summed E-state index contributed by atoms with van der Waals surface area (Å²) >= 11 is 0. The van der Waals surface area contributed by atoms with Gasteiger partial charge in [-0.1, -0.05) is 24.3 Å². The van der Waals surface area contributed by atoms with E-state index >= 15 is 0 Å². The summed E-state index contributed by atoms with van der Waals surface area (Å²) in [6.07, 6.45) is 3.13. The summed E-state index contributed by atoms with van der Waals surface area (Å²) in [4.78, 5) is 14.5. The highest BCUT2D eigenvalue weighted by molar-refractivity contribution is 5.83. The van der Waals surface area contributed by atoms with E-state index < -0.39 is 0 Å². The largest absolute Gasteiger partial charge is 0.339 e.